The topological polar surface area (TPSA) is 53.4 Å². The fourth-order valence-corrected chi connectivity index (χ4v) is 2.10. The molecule has 2 rings (SSSR count). The number of fused-ring (bicyclic) bond motifs is 1. The summed E-state index contributed by atoms with van der Waals surface area (Å²) in [5.74, 6) is -0.990. The largest absolute Gasteiger partial charge is 0.477 e. The molecule has 0 amide bonds. The molecule has 4 heteroatoms. The van der Waals surface area contributed by atoms with Gasteiger partial charge in [-0.3, -0.25) is 0 Å². The average Bonchev–Trinajstić information content (AvgIpc) is 2.43. The Morgan fingerprint density at radius 2 is 2.11 bits per heavy atom. The van der Waals surface area contributed by atoms with Crippen LogP contribution in [0.2, 0.25) is 0 Å². The van der Waals surface area contributed by atoms with Crippen molar-refractivity contribution in [1.29, 1.82) is 0 Å². The lowest BCUT2D eigenvalue weighted by atomic mass is 10.1. The molecule has 0 spiro atoms. The zero-order chi connectivity index (χ0) is 13.8. The third-order valence-electron chi connectivity index (χ3n) is 3.17. The van der Waals surface area contributed by atoms with Gasteiger partial charge >= 0.3 is 5.97 Å². The van der Waals surface area contributed by atoms with Crippen molar-refractivity contribution >= 4 is 22.6 Å². The van der Waals surface area contributed by atoms with Crippen molar-refractivity contribution in [2.24, 2.45) is 0 Å². The summed E-state index contributed by atoms with van der Waals surface area (Å²) in [4.78, 5) is 17.4. The molecule has 1 N–H and O–H groups in total. The van der Waals surface area contributed by atoms with E-state index in [4.69, 9.17) is 5.11 Å². The summed E-state index contributed by atoms with van der Waals surface area (Å²) in [5.41, 5.74) is 1.74. The zero-order valence-corrected chi connectivity index (χ0v) is 11.3. The van der Waals surface area contributed by atoms with Gasteiger partial charge in [-0.1, -0.05) is 31.5 Å². The van der Waals surface area contributed by atoms with Gasteiger partial charge in [-0.2, -0.15) is 0 Å². The van der Waals surface area contributed by atoms with E-state index in [9.17, 15) is 4.79 Å². The molecule has 0 atom stereocenters. The minimum atomic E-state index is -0.990. The molecule has 0 aliphatic rings. The molecule has 1 aromatic heterocycles. The van der Waals surface area contributed by atoms with Crippen molar-refractivity contribution < 1.29 is 9.90 Å². The van der Waals surface area contributed by atoms with E-state index in [0.29, 0.717) is 0 Å². The number of aromatic carboxylic acids is 1. The van der Waals surface area contributed by atoms with Crippen molar-refractivity contribution in [3.63, 3.8) is 0 Å². The molecule has 0 aliphatic heterocycles. The number of benzene rings is 1. The first-order chi connectivity index (χ1) is 9.13. The highest BCUT2D eigenvalue weighted by molar-refractivity contribution is 5.97. The number of para-hydroxylation sites is 1. The molecular weight excluding hydrogens is 240 g/mol. The van der Waals surface area contributed by atoms with E-state index in [-0.39, 0.29) is 5.69 Å². The summed E-state index contributed by atoms with van der Waals surface area (Å²) in [7, 11) is 1.99. The Bertz CT molecular complexity index is 596. The third kappa shape index (κ3) is 2.84. The smallest absolute Gasteiger partial charge is 0.354 e. The zero-order valence-electron chi connectivity index (χ0n) is 11.3. The lowest BCUT2D eigenvalue weighted by Crippen LogP contribution is -2.19. The number of unbranched alkanes of at least 4 members (excludes halogenated alkanes) is 1. The quantitative estimate of drug-likeness (QED) is 0.895. The first-order valence-corrected chi connectivity index (χ1v) is 6.47. The fraction of sp³-hybridized carbons (Fsp3) is 0.333. The van der Waals surface area contributed by atoms with Crippen molar-refractivity contribution in [3.05, 3.63) is 36.0 Å². The van der Waals surface area contributed by atoms with Crippen molar-refractivity contribution in [1.82, 2.24) is 4.98 Å². The highest BCUT2D eigenvalue weighted by Crippen LogP contribution is 2.26. The fourth-order valence-electron chi connectivity index (χ4n) is 2.10. The molecule has 1 heterocycles. The van der Waals surface area contributed by atoms with Crippen LogP contribution in [0.1, 0.15) is 30.3 Å². The lowest BCUT2D eigenvalue weighted by molar-refractivity contribution is 0.0691. The monoisotopic (exact) mass is 258 g/mol. The molecule has 2 aromatic rings. The molecule has 0 radical (unpaired) electrons. The van der Waals surface area contributed by atoms with Gasteiger partial charge in [-0.15, -0.1) is 0 Å². The maximum absolute atomic E-state index is 11.2. The van der Waals surface area contributed by atoms with Gasteiger partial charge in [0, 0.05) is 24.7 Å². The van der Waals surface area contributed by atoms with E-state index in [0.717, 1.165) is 36.0 Å². The predicted octanol–water partition coefficient (Wildman–Crippen LogP) is 3.17. The summed E-state index contributed by atoms with van der Waals surface area (Å²) in [6.07, 6.45) is 2.19. The van der Waals surface area contributed by atoms with Crippen LogP contribution in [0.5, 0.6) is 0 Å². The Morgan fingerprint density at radius 3 is 2.79 bits per heavy atom. The van der Waals surface area contributed by atoms with E-state index < -0.39 is 5.97 Å². The van der Waals surface area contributed by atoms with Gasteiger partial charge in [0.15, 0.2) is 5.69 Å². The highest BCUT2D eigenvalue weighted by Gasteiger charge is 2.12. The minimum Gasteiger partial charge on any atom is -0.477 e. The highest BCUT2D eigenvalue weighted by atomic mass is 16.4. The van der Waals surface area contributed by atoms with Gasteiger partial charge in [0.05, 0.1) is 5.52 Å². The van der Waals surface area contributed by atoms with E-state index in [2.05, 4.69) is 16.8 Å². The van der Waals surface area contributed by atoms with Gasteiger partial charge in [0.25, 0.3) is 0 Å². The summed E-state index contributed by atoms with van der Waals surface area (Å²) in [5, 5.41) is 10.1. The molecule has 0 fully saturated rings. The molecule has 100 valence electrons. The number of pyridine rings is 1. The van der Waals surface area contributed by atoms with E-state index in [1.165, 1.54) is 0 Å². The van der Waals surface area contributed by atoms with E-state index >= 15 is 0 Å². The summed E-state index contributed by atoms with van der Waals surface area (Å²) in [6, 6.07) is 9.30. The van der Waals surface area contributed by atoms with Crippen LogP contribution in [0.15, 0.2) is 30.3 Å². The number of aromatic nitrogens is 1. The van der Waals surface area contributed by atoms with Crippen LogP contribution in [0.4, 0.5) is 5.69 Å². The molecule has 19 heavy (non-hydrogen) atoms. The third-order valence-corrected chi connectivity index (χ3v) is 3.17. The number of rotatable bonds is 5. The SMILES string of the molecule is CCCCN(C)c1cc(C(=O)O)nc2ccccc12. The molecule has 0 saturated heterocycles. The molecule has 0 saturated carbocycles. The molecule has 0 bridgehead atoms. The van der Waals surface area contributed by atoms with Crippen LogP contribution in [0.25, 0.3) is 10.9 Å². The van der Waals surface area contributed by atoms with E-state index in [1.807, 2.05) is 31.3 Å². The van der Waals surface area contributed by atoms with Gasteiger partial charge in [0.1, 0.15) is 0 Å². The average molecular weight is 258 g/mol. The van der Waals surface area contributed by atoms with Crippen molar-refractivity contribution in [3.8, 4) is 0 Å². The van der Waals surface area contributed by atoms with Gasteiger partial charge in [0.2, 0.25) is 0 Å². The van der Waals surface area contributed by atoms with Crippen LogP contribution in [-0.2, 0) is 0 Å². The number of anilines is 1. The second-order valence-electron chi connectivity index (χ2n) is 4.62. The maximum Gasteiger partial charge on any atom is 0.354 e. The first-order valence-electron chi connectivity index (χ1n) is 6.47. The van der Waals surface area contributed by atoms with Crippen LogP contribution in [0, 0.1) is 0 Å². The summed E-state index contributed by atoms with van der Waals surface area (Å²) >= 11 is 0. The summed E-state index contributed by atoms with van der Waals surface area (Å²) < 4.78 is 0. The van der Waals surface area contributed by atoms with Crippen LogP contribution >= 0.6 is 0 Å². The Labute approximate surface area is 112 Å². The van der Waals surface area contributed by atoms with Crippen LogP contribution < -0.4 is 4.90 Å². The second kappa shape index (κ2) is 5.69. The molecule has 1 aromatic carbocycles. The Kier molecular flexibility index (Phi) is 4.00. The number of carboxylic acid groups (broad SMARTS) is 1. The first kappa shape index (κ1) is 13.3. The maximum atomic E-state index is 11.2. The minimum absolute atomic E-state index is 0.0945. The number of hydrogen-bond donors (Lipinski definition) is 1. The Morgan fingerprint density at radius 1 is 1.37 bits per heavy atom. The Balaban J connectivity index is 2.53. The lowest BCUT2D eigenvalue weighted by Gasteiger charge is -2.21. The van der Waals surface area contributed by atoms with Crippen molar-refractivity contribution in [2.75, 3.05) is 18.5 Å². The van der Waals surface area contributed by atoms with Gasteiger partial charge in [-0.05, 0) is 18.6 Å². The predicted molar refractivity (Wildman–Crippen MR) is 76.9 cm³/mol. The van der Waals surface area contributed by atoms with Crippen LogP contribution in [0.3, 0.4) is 0 Å². The summed E-state index contributed by atoms with van der Waals surface area (Å²) in [6.45, 7) is 3.05. The number of carbonyl (C=O) groups is 1. The normalized spacial score (nSPS) is 10.6. The number of carboxylic acids is 1. The molecule has 0 aliphatic carbocycles. The standard InChI is InChI=1S/C15H18N2O2/c1-3-4-9-17(2)14-10-13(15(18)19)16-12-8-6-5-7-11(12)14/h5-8,10H,3-4,9H2,1-2H3,(H,18,19). The number of nitrogens with zero attached hydrogens (tertiary/aromatic N) is 2. The molecular formula is C15H18N2O2. The molecule has 0 unspecified atom stereocenters. The van der Waals surface area contributed by atoms with Crippen molar-refractivity contribution in [2.45, 2.75) is 19.8 Å². The van der Waals surface area contributed by atoms with Gasteiger partial charge in [-0.25, -0.2) is 9.78 Å². The number of hydrogen-bond acceptors (Lipinski definition) is 3. The molecule has 4 nitrogen and oxygen atoms in total. The van der Waals surface area contributed by atoms with Gasteiger partial charge < -0.3 is 10.0 Å². The second-order valence-corrected chi connectivity index (χ2v) is 4.62. The van der Waals surface area contributed by atoms with E-state index in [1.54, 1.807) is 6.07 Å². The Hall–Kier alpha value is -2.10. The van der Waals surface area contributed by atoms with Crippen LogP contribution in [-0.4, -0.2) is 29.7 Å².